The van der Waals surface area contributed by atoms with Crippen molar-refractivity contribution in [3.8, 4) is 5.75 Å². The van der Waals surface area contributed by atoms with Gasteiger partial charge in [-0.25, -0.2) is 12.7 Å². The second-order valence-electron chi connectivity index (χ2n) is 5.56. The summed E-state index contributed by atoms with van der Waals surface area (Å²) >= 11 is 6.04. The molecule has 0 heterocycles. The molecule has 0 aliphatic carbocycles. The van der Waals surface area contributed by atoms with E-state index in [4.69, 9.17) is 16.3 Å². The Balaban J connectivity index is 2.41. The molecule has 1 atom stereocenters. The lowest BCUT2D eigenvalue weighted by Gasteiger charge is -2.18. The quantitative estimate of drug-likeness (QED) is 0.670. The number of amides is 1. The SMILES string of the molecule is CCS(=O)(=O)N(C)CCCNC(=O)C(C)Oc1cc(C)ccc1Cl. The maximum Gasteiger partial charge on any atom is 0.260 e. The molecule has 0 aliphatic rings. The highest BCUT2D eigenvalue weighted by molar-refractivity contribution is 7.89. The Hall–Kier alpha value is -1.31. The molecule has 24 heavy (non-hydrogen) atoms. The summed E-state index contributed by atoms with van der Waals surface area (Å²) in [5.74, 6) is 0.263. The standard InChI is InChI=1S/C16H25ClN2O4S/c1-5-24(21,22)19(4)10-6-9-18-16(20)13(3)23-15-11-12(2)7-8-14(15)17/h7-8,11,13H,5-6,9-10H2,1-4H3,(H,18,20). The van der Waals surface area contributed by atoms with Crippen LogP contribution in [0.3, 0.4) is 0 Å². The van der Waals surface area contributed by atoms with Crippen molar-refractivity contribution in [1.82, 2.24) is 9.62 Å². The minimum absolute atomic E-state index is 0.0674. The van der Waals surface area contributed by atoms with Crippen LogP contribution in [0, 0.1) is 6.92 Å². The van der Waals surface area contributed by atoms with Gasteiger partial charge in [0.15, 0.2) is 6.10 Å². The Morgan fingerprint density at radius 3 is 2.71 bits per heavy atom. The molecule has 0 saturated carbocycles. The van der Waals surface area contributed by atoms with E-state index >= 15 is 0 Å². The van der Waals surface area contributed by atoms with Crippen LogP contribution in [0.1, 0.15) is 25.8 Å². The van der Waals surface area contributed by atoms with Gasteiger partial charge in [0.2, 0.25) is 10.0 Å². The van der Waals surface area contributed by atoms with Crippen molar-refractivity contribution in [1.29, 1.82) is 0 Å². The molecular weight excluding hydrogens is 352 g/mol. The number of sulfonamides is 1. The van der Waals surface area contributed by atoms with E-state index < -0.39 is 16.1 Å². The first-order chi connectivity index (χ1) is 11.2. The topological polar surface area (TPSA) is 75.7 Å². The van der Waals surface area contributed by atoms with Crippen LogP contribution >= 0.6 is 11.6 Å². The normalized spacial score (nSPS) is 12.9. The van der Waals surface area contributed by atoms with E-state index in [-0.39, 0.29) is 11.7 Å². The summed E-state index contributed by atoms with van der Waals surface area (Å²) in [7, 11) is -1.65. The van der Waals surface area contributed by atoms with Crippen LogP contribution in [-0.2, 0) is 14.8 Å². The predicted molar refractivity (Wildman–Crippen MR) is 96.0 cm³/mol. The number of ether oxygens (including phenoxy) is 1. The molecule has 0 saturated heterocycles. The molecule has 136 valence electrons. The van der Waals surface area contributed by atoms with E-state index in [0.29, 0.717) is 30.3 Å². The summed E-state index contributed by atoms with van der Waals surface area (Å²) in [5.41, 5.74) is 0.988. The fourth-order valence-corrected chi connectivity index (χ4v) is 2.97. The average molecular weight is 377 g/mol. The molecular formula is C16H25ClN2O4S. The van der Waals surface area contributed by atoms with Gasteiger partial charge in [-0.15, -0.1) is 0 Å². The van der Waals surface area contributed by atoms with Crippen molar-refractivity contribution in [2.24, 2.45) is 0 Å². The Morgan fingerprint density at radius 1 is 1.42 bits per heavy atom. The lowest BCUT2D eigenvalue weighted by Crippen LogP contribution is -2.38. The number of nitrogens with zero attached hydrogens (tertiary/aromatic N) is 1. The molecule has 1 aromatic carbocycles. The maximum atomic E-state index is 12.0. The highest BCUT2D eigenvalue weighted by Crippen LogP contribution is 2.26. The van der Waals surface area contributed by atoms with Gasteiger partial charge in [-0.2, -0.15) is 0 Å². The van der Waals surface area contributed by atoms with Crippen molar-refractivity contribution in [2.75, 3.05) is 25.9 Å². The third kappa shape index (κ3) is 6.30. The van der Waals surface area contributed by atoms with Crippen LogP contribution in [0.25, 0.3) is 0 Å². The fraction of sp³-hybridized carbons (Fsp3) is 0.562. The second kappa shape index (κ2) is 9.25. The molecule has 6 nitrogen and oxygen atoms in total. The summed E-state index contributed by atoms with van der Waals surface area (Å²) in [6.45, 7) is 5.88. The summed E-state index contributed by atoms with van der Waals surface area (Å²) < 4.78 is 30.1. The minimum atomic E-state index is -3.18. The van der Waals surface area contributed by atoms with Crippen molar-refractivity contribution in [3.05, 3.63) is 28.8 Å². The highest BCUT2D eigenvalue weighted by atomic mass is 35.5. The monoisotopic (exact) mass is 376 g/mol. The zero-order chi connectivity index (χ0) is 18.3. The molecule has 0 radical (unpaired) electrons. The zero-order valence-corrected chi connectivity index (χ0v) is 16.1. The first kappa shape index (κ1) is 20.7. The average Bonchev–Trinajstić information content (AvgIpc) is 2.54. The van der Waals surface area contributed by atoms with Crippen LogP contribution in [0.5, 0.6) is 5.75 Å². The molecule has 0 spiro atoms. The van der Waals surface area contributed by atoms with Gasteiger partial charge in [0.1, 0.15) is 5.75 Å². The van der Waals surface area contributed by atoms with Gasteiger partial charge in [0.25, 0.3) is 5.91 Å². The summed E-state index contributed by atoms with van der Waals surface area (Å²) in [5, 5.41) is 3.18. The van der Waals surface area contributed by atoms with Gasteiger partial charge < -0.3 is 10.1 Å². The van der Waals surface area contributed by atoms with Crippen LogP contribution in [0.2, 0.25) is 5.02 Å². The van der Waals surface area contributed by atoms with Gasteiger partial charge in [-0.05, 0) is 44.9 Å². The van der Waals surface area contributed by atoms with Crippen LogP contribution in [-0.4, -0.2) is 50.6 Å². The third-order valence-electron chi connectivity index (χ3n) is 3.55. The molecule has 0 aromatic heterocycles. The first-order valence-corrected chi connectivity index (χ1v) is 9.80. The van der Waals surface area contributed by atoms with E-state index in [9.17, 15) is 13.2 Å². The molecule has 1 unspecified atom stereocenters. The first-order valence-electron chi connectivity index (χ1n) is 7.82. The Kier molecular flexibility index (Phi) is 7.99. The van der Waals surface area contributed by atoms with Crippen molar-refractivity contribution in [2.45, 2.75) is 33.3 Å². The van der Waals surface area contributed by atoms with Gasteiger partial charge in [-0.1, -0.05) is 17.7 Å². The number of halogens is 1. The molecule has 1 rings (SSSR count). The molecule has 0 aliphatic heterocycles. The van der Waals surface area contributed by atoms with E-state index in [1.54, 1.807) is 26.0 Å². The maximum absolute atomic E-state index is 12.0. The van der Waals surface area contributed by atoms with Gasteiger partial charge in [0.05, 0.1) is 10.8 Å². The number of benzene rings is 1. The number of aryl methyl sites for hydroxylation is 1. The van der Waals surface area contributed by atoms with E-state index in [2.05, 4.69) is 5.32 Å². The Bertz CT molecular complexity index is 664. The number of hydrogen-bond donors (Lipinski definition) is 1. The summed E-state index contributed by atoms with van der Waals surface area (Å²) in [6, 6.07) is 5.36. The highest BCUT2D eigenvalue weighted by Gasteiger charge is 2.17. The largest absolute Gasteiger partial charge is 0.479 e. The van der Waals surface area contributed by atoms with E-state index in [1.165, 1.54) is 11.4 Å². The van der Waals surface area contributed by atoms with Crippen molar-refractivity contribution < 1.29 is 17.9 Å². The molecule has 8 heteroatoms. The minimum Gasteiger partial charge on any atom is -0.479 e. The molecule has 1 aromatic rings. The number of hydrogen-bond acceptors (Lipinski definition) is 4. The predicted octanol–water partition coefficient (Wildman–Crippen LogP) is 2.20. The Morgan fingerprint density at radius 2 is 2.08 bits per heavy atom. The van der Waals surface area contributed by atoms with E-state index in [0.717, 1.165) is 5.56 Å². The zero-order valence-electron chi connectivity index (χ0n) is 14.5. The lowest BCUT2D eigenvalue weighted by molar-refractivity contribution is -0.127. The number of carbonyl (C=O) groups excluding carboxylic acids is 1. The van der Waals surface area contributed by atoms with Crippen molar-refractivity contribution in [3.63, 3.8) is 0 Å². The fourth-order valence-electron chi connectivity index (χ4n) is 1.96. The van der Waals surface area contributed by atoms with Crippen LogP contribution in [0.15, 0.2) is 18.2 Å². The van der Waals surface area contributed by atoms with Crippen LogP contribution in [0.4, 0.5) is 0 Å². The summed E-state index contributed by atoms with van der Waals surface area (Å²) in [6.07, 6.45) is -0.166. The molecule has 1 N–H and O–H groups in total. The molecule has 1 amide bonds. The number of carbonyl (C=O) groups is 1. The Labute approximate surface area is 149 Å². The molecule has 0 bridgehead atoms. The van der Waals surface area contributed by atoms with Gasteiger partial charge in [-0.3, -0.25) is 4.79 Å². The van der Waals surface area contributed by atoms with Crippen molar-refractivity contribution >= 4 is 27.5 Å². The number of nitrogens with one attached hydrogen (secondary N) is 1. The lowest BCUT2D eigenvalue weighted by atomic mass is 10.2. The summed E-state index contributed by atoms with van der Waals surface area (Å²) in [4.78, 5) is 12.0. The van der Waals surface area contributed by atoms with Gasteiger partial charge >= 0.3 is 0 Å². The third-order valence-corrected chi connectivity index (χ3v) is 5.72. The van der Waals surface area contributed by atoms with Gasteiger partial charge in [0, 0.05) is 20.1 Å². The molecule has 0 fully saturated rings. The van der Waals surface area contributed by atoms with Crippen LogP contribution < -0.4 is 10.1 Å². The van der Waals surface area contributed by atoms with E-state index in [1.807, 2.05) is 13.0 Å². The second-order valence-corrected chi connectivity index (χ2v) is 8.33. The smallest absolute Gasteiger partial charge is 0.260 e. The number of rotatable bonds is 9.